The Morgan fingerprint density at radius 1 is 1.04 bits per heavy atom. The largest absolute Gasteiger partial charge is 0.378 e. The summed E-state index contributed by atoms with van der Waals surface area (Å²) in [5.74, 6) is -0.337. The van der Waals surface area contributed by atoms with Crippen molar-refractivity contribution in [3.05, 3.63) is 78.0 Å². The maximum absolute atomic E-state index is 12.1. The number of nitrogens with one attached hydrogen (secondary N) is 1. The molecule has 0 aliphatic carbocycles. The molecule has 0 unspecified atom stereocenters. The third kappa shape index (κ3) is 4.33. The van der Waals surface area contributed by atoms with Crippen LogP contribution in [-0.4, -0.2) is 31.2 Å². The first-order valence-electron chi connectivity index (χ1n) is 8.27. The summed E-state index contributed by atoms with van der Waals surface area (Å²) >= 11 is 0. The molecule has 0 aliphatic heterocycles. The number of hydrogen-bond acceptors (Lipinski definition) is 4. The summed E-state index contributed by atoms with van der Waals surface area (Å²) in [5, 5.41) is 4.93. The third-order valence-corrected chi connectivity index (χ3v) is 3.86. The summed E-state index contributed by atoms with van der Waals surface area (Å²) in [6.07, 6.45) is 5.24. The van der Waals surface area contributed by atoms with E-state index in [1.807, 2.05) is 79.7 Å². The molecule has 26 heavy (non-hydrogen) atoms. The van der Waals surface area contributed by atoms with Crippen LogP contribution in [0, 0.1) is 0 Å². The maximum Gasteiger partial charge on any atom is 0.289 e. The van der Waals surface area contributed by atoms with Gasteiger partial charge in [-0.1, -0.05) is 42.5 Å². The SMILES string of the molecule is CN(C)c1ccc(/C=C/C=N/NC(=O)c2ccc3ccccc3n2)cc1. The van der Waals surface area contributed by atoms with Crippen molar-refractivity contribution in [1.82, 2.24) is 10.4 Å². The van der Waals surface area contributed by atoms with Crippen molar-refractivity contribution in [2.45, 2.75) is 0 Å². The van der Waals surface area contributed by atoms with Crippen LogP contribution in [0.25, 0.3) is 17.0 Å². The zero-order chi connectivity index (χ0) is 18.4. The summed E-state index contributed by atoms with van der Waals surface area (Å²) in [6.45, 7) is 0. The highest BCUT2D eigenvalue weighted by atomic mass is 16.2. The van der Waals surface area contributed by atoms with Crippen LogP contribution in [0.5, 0.6) is 0 Å². The number of hydrogen-bond donors (Lipinski definition) is 1. The standard InChI is InChI=1S/C21H20N4O/c1-25(2)18-12-9-16(10-13-18)6-5-15-22-24-21(26)20-14-11-17-7-3-4-8-19(17)23-20/h3-15H,1-2H3,(H,24,26)/b6-5+,22-15+. The van der Waals surface area contributed by atoms with Gasteiger partial charge in [-0.15, -0.1) is 0 Å². The highest BCUT2D eigenvalue weighted by Crippen LogP contribution is 2.13. The molecule has 1 heterocycles. The third-order valence-electron chi connectivity index (χ3n) is 3.86. The number of fused-ring (bicyclic) bond motifs is 1. The van der Waals surface area contributed by atoms with E-state index >= 15 is 0 Å². The summed E-state index contributed by atoms with van der Waals surface area (Å²) in [7, 11) is 4.01. The Labute approximate surface area is 152 Å². The van der Waals surface area contributed by atoms with Crippen molar-refractivity contribution >= 4 is 34.8 Å². The van der Waals surface area contributed by atoms with Crippen LogP contribution in [0.2, 0.25) is 0 Å². The van der Waals surface area contributed by atoms with E-state index in [4.69, 9.17) is 0 Å². The first-order chi connectivity index (χ1) is 12.6. The Bertz CT molecular complexity index is 959. The Morgan fingerprint density at radius 3 is 2.58 bits per heavy atom. The van der Waals surface area contributed by atoms with Gasteiger partial charge in [0.2, 0.25) is 0 Å². The smallest absolute Gasteiger partial charge is 0.289 e. The molecule has 0 saturated carbocycles. The fourth-order valence-corrected chi connectivity index (χ4v) is 2.43. The predicted molar refractivity (Wildman–Crippen MR) is 108 cm³/mol. The molecule has 1 amide bonds. The van der Waals surface area contributed by atoms with Crippen LogP contribution in [-0.2, 0) is 0 Å². The van der Waals surface area contributed by atoms with E-state index in [1.165, 1.54) is 0 Å². The number of hydrazone groups is 1. The number of carbonyl (C=O) groups is 1. The van der Waals surface area contributed by atoms with Gasteiger partial charge in [0.25, 0.3) is 5.91 Å². The molecular weight excluding hydrogens is 324 g/mol. The van der Waals surface area contributed by atoms with Crippen LogP contribution >= 0.6 is 0 Å². The van der Waals surface area contributed by atoms with Gasteiger partial charge in [0.1, 0.15) is 5.69 Å². The molecular formula is C21H20N4O. The highest BCUT2D eigenvalue weighted by molar-refractivity contribution is 5.95. The molecule has 5 heteroatoms. The van der Waals surface area contributed by atoms with E-state index in [2.05, 4.69) is 15.5 Å². The monoisotopic (exact) mass is 344 g/mol. The molecule has 0 fully saturated rings. The lowest BCUT2D eigenvalue weighted by Crippen LogP contribution is -2.18. The van der Waals surface area contributed by atoms with Crippen LogP contribution < -0.4 is 10.3 Å². The molecule has 0 atom stereocenters. The van der Waals surface area contributed by atoms with Crippen molar-refractivity contribution in [3.8, 4) is 0 Å². The van der Waals surface area contributed by atoms with Crippen molar-refractivity contribution in [2.75, 3.05) is 19.0 Å². The van der Waals surface area contributed by atoms with Gasteiger partial charge in [0.15, 0.2) is 0 Å². The molecule has 3 rings (SSSR count). The lowest BCUT2D eigenvalue weighted by Gasteiger charge is -2.11. The molecule has 0 saturated heterocycles. The first kappa shape index (κ1) is 17.4. The zero-order valence-corrected chi connectivity index (χ0v) is 14.8. The summed E-state index contributed by atoms with van der Waals surface area (Å²) < 4.78 is 0. The Hall–Kier alpha value is -3.47. The molecule has 3 aromatic rings. The van der Waals surface area contributed by atoms with E-state index in [-0.39, 0.29) is 5.91 Å². The number of aromatic nitrogens is 1. The van der Waals surface area contributed by atoms with Crippen LogP contribution in [0.3, 0.4) is 0 Å². The maximum atomic E-state index is 12.1. The lowest BCUT2D eigenvalue weighted by atomic mass is 10.2. The van der Waals surface area contributed by atoms with Gasteiger partial charge in [-0.3, -0.25) is 4.79 Å². The quantitative estimate of drug-likeness (QED) is 0.567. The number of nitrogens with zero attached hydrogens (tertiary/aromatic N) is 3. The molecule has 130 valence electrons. The van der Waals surface area contributed by atoms with Gasteiger partial charge in [0.05, 0.1) is 5.52 Å². The summed E-state index contributed by atoms with van der Waals surface area (Å²) in [5.41, 5.74) is 5.81. The minimum atomic E-state index is -0.337. The molecule has 2 aromatic carbocycles. The normalized spacial score (nSPS) is 11.3. The number of benzene rings is 2. The number of anilines is 1. The van der Waals surface area contributed by atoms with E-state index in [0.29, 0.717) is 5.69 Å². The van der Waals surface area contributed by atoms with Crippen molar-refractivity contribution in [3.63, 3.8) is 0 Å². The second-order valence-corrected chi connectivity index (χ2v) is 5.95. The molecule has 0 aliphatic rings. The van der Waals surface area contributed by atoms with Gasteiger partial charge < -0.3 is 4.90 Å². The van der Waals surface area contributed by atoms with Gasteiger partial charge in [-0.2, -0.15) is 5.10 Å². The fourth-order valence-electron chi connectivity index (χ4n) is 2.43. The Balaban J connectivity index is 1.57. The van der Waals surface area contributed by atoms with Crippen molar-refractivity contribution in [2.24, 2.45) is 5.10 Å². The predicted octanol–water partition coefficient (Wildman–Crippen LogP) is 3.73. The summed E-state index contributed by atoms with van der Waals surface area (Å²) in [4.78, 5) is 18.5. The number of rotatable bonds is 5. The van der Waals surface area contributed by atoms with Crippen molar-refractivity contribution < 1.29 is 4.79 Å². The number of carbonyl (C=O) groups excluding carboxylic acids is 1. The van der Waals surface area contributed by atoms with E-state index in [1.54, 1.807) is 18.4 Å². The molecule has 1 N–H and O–H groups in total. The summed E-state index contributed by atoms with van der Waals surface area (Å²) in [6, 6.07) is 19.4. The number of amides is 1. The van der Waals surface area contributed by atoms with E-state index < -0.39 is 0 Å². The highest BCUT2D eigenvalue weighted by Gasteiger charge is 2.06. The number of pyridine rings is 1. The van der Waals surface area contributed by atoms with Gasteiger partial charge in [-0.25, -0.2) is 10.4 Å². The Kier molecular flexibility index (Phi) is 5.39. The molecule has 1 aromatic heterocycles. The fraction of sp³-hybridized carbons (Fsp3) is 0.0952. The van der Waals surface area contributed by atoms with E-state index in [0.717, 1.165) is 22.2 Å². The second kappa shape index (κ2) is 8.07. The van der Waals surface area contributed by atoms with Gasteiger partial charge in [0, 0.05) is 31.4 Å². The molecule has 0 bridgehead atoms. The molecule has 0 spiro atoms. The minimum absolute atomic E-state index is 0.337. The van der Waals surface area contributed by atoms with Crippen molar-refractivity contribution in [1.29, 1.82) is 0 Å². The lowest BCUT2D eigenvalue weighted by molar-refractivity contribution is 0.0950. The van der Waals surface area contributed by atoms with E-state index in [9.17, 15) is 4.79 Å². The minimum Gasteiger partial charge on any atom is -0.378 e. The number of para-hydroxylation sites is 1. The topological polar surface area (TPSA) is 57.6 Å². The van der Waals surface area contributed by atoms with Gasteiger partial charge in [-0.05, 0) is 35.9 Å². The number of allylic oxidation sites excluding steroid dienone is 1. The second-order valence-electron chi connectivity index (χ2n) is 5.95. The zero-order valence-electron chi connectivity index (χ0n) is 14.8. The Morgan fingerprint density at radius 2 is 1.81 bits per heavy atom. The van der Waals surface area contributed by atoms with Gasteiger partial charge >= 0.3 is 0 Å². The molecule has 0 radical (unpaired) electrons. The average Bonchev–Trinajstić information content (AvgIpc) is 2.67. The molecule has 5 nitrogen and oxygen atoms in total. The first-order valence-corrected chi connectivity index (χ1v) is 8.27. The van der Waals surface area contributed by atoms with Crippen LogP contribution in [0.4, 0.5) is 5.69 Å². The van der Waals surface area contributed by atoms with Crippen LogP contribution in [0.15, 0.2) is 71.8 Å². The average molecular weight is 344 g/mol. The van der Waals surface area contributed by atoms with Crippen LogP contribution in [0.1, 0.15) is 16.1 Å².